The van der Waals surface area contributed by atoms with Gasteiger partial charge in [0, 0.05) is 55.2 Å². The number of fused-ring (bicyclic) bond motifs is 7. The molecule has 0 spiro atoms. The highest BCUT2D eigenvalue weighted by molar-refractivity contribution is 6.28. The second-order valence-corrected chi connectivity index (χ2v) is 15.2. The summed E-state index contributed by atoms with van der Waals surface area (Å²) in [6.07, 6.45) is 0. The first-order chi connectivity index (χ1) is 30.7. The zero-order valence-electron chi connectivity index (χ0n) is 33.2. The van der Waals surface area contributed by atoms with Crippen LogP contribution >= 0.6 is 0 Å². The Morgan fingerprint density at radius 2 is 0.581 bits per heavy atom. The number of hydrogen-bond acceptors (Lipinski definition) is 6. The van der Waals surface area contributed by atoms with E-state index in [-0.39, 0.29) is 0 Å². The van der Waals surface area contributed by atoms with Crippen molar-refractivity contribution in [2.75, 3.05) is 0 Å². The molecule has 0 bridgehead atoms. The number of nitrogens with zero attached hydrogens (tertiary/aromatic N) is 8. The third-order valence-corrected chi connectivity index (χ3v) is 11.4. The zero-order chi connectivity index (χ0) is 41.0. The van der Waals surface area contributed by atoms with E-state index in [2.05, 4.69) is 124 Å². The van der Waals surface area contributed by atoms with Crippen LogP contribution in [-0.2, 0) is 0 Å². The lowest BCUT2D eigenvalue weighted by Gasteiger charge is -2.12. The lowest BCUT2D eigenvalue weighted by Crippen LogP contribution is -2.06. The van der Waals surface area contributed by atoms with E-state index in [0.717, 1.165) is 50.2 Å². The van der Waals surface area contributed by atoms with E-state index in [1.807, 2.05) is 91.0 Å². The van der Waals surface area contributed by atoms with Crippen molar-refractivity contribution in [2.24, 2.45) is 0 Å². The van der Waals surface area contributed by atoms with Gasteiger partial charge in [0.15, 0.2) is 23.3 Å². The number of aromatic nitrogens is 8. The predicted molar refractivity (Wildman–Crippen MR) is 249 cm³/mol. The second kappa shape index (κ2) is 14.6. The summed E-state index contributed by atoms with van der Waals surface area (Å²) in [6, 6.07) is 70.7. The summed E-state index contributed by atoms with van der Waals surface area (Å²) >= 11 is 0. The van der Waals surface area contributed by atoms with Crippen molar-refractivity contribution in [3.63, 3.8) is 0 Å². The molecule has 290 valence electrons. The minimum atomic E-state index is 0.352. The van der Waals surface area contributed by atoms with E-state index in [0.29, 0.717) is 34.9 Å². The first-order valence-corrected chi connectivity index (χ1v) is 20.6. The third-order valence-electron chi connectivity index (χ3n) is 11.4. The largest absolute Gasteiger partial charge is 0.309 e. The van der Waals surface area contributed by atoms with Crippen LogP contribution < -0.4 is 0 Å². The second-order valence-electron chi connectivity index (χ2n) is 15.2. The minimum absolute atomic E-state index is 0.352. The first kappa shape index (κ1) is 35.3. The van der Waals surface area contributed by atoms with Gasteiger partial charge in [0.05, 0.1) is 22.1 Å². The summed E-state index contributed by atoms with van der Waals surface area (Å²) < 4.78 is 4.73. The summed E-state index contributed by atoms with van der Waals surface area (Å²) in [5.41, 5.74) is 10.1. The average Bonchev–Trinajstić information content (AvgIpc) is 3.88. The molecule has 0 unspecified atom stereocenters. The molecule has 0 saturated heterocycles. The van der Waals surface area contributed by atoms with Crippen LogP contribution in [0.4, 0.5) is 0 Å². The summed E-state index contributed by atoms with van der Waals surface area (Å²) in [6.45, 7) is 0. The molecule has 8 nitrogen and oxygen atoms in total. The lowest BCUT2D eigenvalue weighted by molar-refractivity contribution is 1.00. The smallest absolute Gasteiger partial charge is 0.202 e. The highest BCUT2D eigenvalue weighted by Gasteiger charge is 2.22. The Bertz CT molecular complexity index is 3560. The normalized spacial score (nSPS) is 11.5. The molecule has 0 saturated carbocycles. The van der Waals surface area contributed by atoms with Gasteiger partial charge in [0.1, 0.15) is 0 Å². The van der Waals surface area contributed by atoms with Gasteiger partial charge in [-0.1, -0.05) is 158 Å². The lowest BCUT2D eigenvalue weighted by atomic mass is 10.1. The SMILES string of the molecule is c1ccc(-c2nc(-c3ccccc3)nc(-c3nc(-c4ccccc4)nc(-c4cccc(-n5c6ccccc6c6c7c8ccccc8n(-c8ccccc8)c7ccc65)c4)n3)n2)cc1. The molecule has 4 aromatic heterocycles. The van der Waals surface area contributed by atoms with Crippen molar-refractivity contribution >= 4 is 43.6 Å². The highest BCUT2D eigenvalue weighted by atomic mass is 15.1. The molecule has 0 radical (unpaired) electrons. The standard InChI is InChI=1S/C54H34N8/c1-5-18-35(19-6-1)49-55-50(36-20-7-2-8-21-36)58-53(57-49)54-59-51(37-22-9-3-10-23-37)56-52(60-54)38-24-17-27-40(34-38)62-44-31-16-14-29-42(44)48-46(62)33-32-45-47(48)41-28-13-15-30-43(41)61(45)39-25-11-4-12-26-39/h1-34H. The summed E-state index contributed by atoms with van der Waals surface area (Å²) in [4.78, 5) is 30.1. The van der Waals surface area contributed by atoms with Crippen molar-refractivity contribution in [2.45, 2.75) is 0 Å². The van der Waals surface area contributed by atoms with Crippen LogP contribution in [0.1, 0.15) is 0 Å². The average molecular weight is 795 g/mol. The number of hydrogen-bond donors (Lipinski definition) is 0. The van der Waals surface area contributed by atoms with Crippen LogP contribution in [0.2, 0.25) is 0 Å². The van der Waals surface area contributed by atoms with Gasteiger partial charge in [-0.2, -0.15) is 0 Å². The molecule has 0 aliphatic heterocycles. The molecule has 0 N–H and O–H groups in total. The van der Waals surface area contributed by atoms with E-state index >= 15 is 0 Å². The van der Waals surface area contributed by atoms with E-state index < -0.39 is 0 Å². The van der Waals surface area contributed by atoms with Gasteiger partial charge in [0.2, 0.25) is 11.6 Å². The Morgan fingerprint density at radius 3 is 1.05 bits per heavy atom. The quantitative estimate of drug-likeness (QED) is 0.160. The van der Waals surface area contributed by atoms with Crippen molar-refractivity contribution in [1.82, 2.24) is 39.0 Å². The van der Waals surface area contributed by atoms with Crippen LogP contribution in [0.25, 0.3) is 112 Å². The molecular weight excluding hydrogens is 761 g/mol. The molecule has 12 aromatic rings. The molecule has 8 aromatic carbocycles. The van der Waals surface area contributed by atoms with E-state index in [4.69, 9.17) is 29.9 Å². The molecule has 0 amide bonds. The van der Waals surface area contributed by atoms with Gasteiger partial charge in [-0.05, 0) is 48.5 Å². The molecule has 0 aliphatic carbocycles. The maximum absolute atomic E-state index is 5.14. The number of rotatable bonds is 7. The fourth-order valence-electron chi connectivity index (χ4n) is 8.67. The monoisotopic (exact) mass is 794 g/mol. The maximum atomic E-state index is 5.14. The van der Waals surface area contributed by atoms with Crippen molar-refractivity contribution in [1.29, 1.82) is 0 Å². The Kier molecular flexibility index (Phi) is 8.31. The maximum Gasteiger partial charge on any atom is 0.202 e. The summed E-state index contributed by atoms with van der Waals surface area (Å²) in [5, 5.41) is 4.83. The van der Waals surface area contributed by atoms with Crippen LogP contribution in [0.5, 0.6) is 0 Å². The van der Waals surface area contributed by atoms with Gasteiger partial charge < -0.3 is 9.13 Å². The topological polar surface area (TPSA) is 87.2 Å². The molecule has 0 aliphatic rings. The van der Waals surface area contributed by atoms with Gasteiger partial charge in [-0.25, -0.2) is 29.9 Å². The van der Waals surface area contributed by atoms with E-state index in [9.17, 15) is 0 Å². The minimum Gasteiger partial charge on any atom is -0.309 e. The third kappa shape index (κ3) is 5.92. The molecule has 8 heteroatoms. The molecule has 12 rings (SSSR count). The van der Waals surface area contributed by atoms with Crippen molar-refractivity contribution in [3.8, 4) is 68.6 Å². The van der Waals surface area contributed by atoms with Gasteiger partial charge in [0.25, 0.3) is 0 Å². The molecule has 62 heavy (non-hydrogen) atoms. The fourth-order valence-corrected chi connectivity index (χ4v) is 8.67. The van der Waals surface area contributed by atoms with E-state index in [1.165, 1.54) is 27.1 Å². The van der Waals surface area contributed by atoms with E-state index in [1.54, 1.807) is 0 Å². The predicted octanol–water partition coefficient (Wildman–Crippen LogP) is 12.6. The zero-order valence-corrected chi connectivity index (χ0v) is 33.2. The van der Waals surface area contributed by atoms with Crippen LogP contribution in [0, 0.1) is 0 Å². The Hall–Kier alpha value is -8.62. The van der Waals surface area contributed by atoms with Gasteiger partial charge in [-0.3, -0.25) is 0 Å². The highest BCUT2D eigenvalue weighted by Crippen LogP contribution is 2.42. The molecule has 4 heterocycles. The van der Waals surface area contributed by atoms with Gasteiger partial charge in [-0.15, -0.1) is 0 Å². The van der Waals surface area contributed by atoms with Gasteiger partial charge >= 0.3 is 0 Å². The summed E-state index contributed by atoms with van der Waals surface area (Å²) in [7, 11) is 0. The first-order valence-electron chi connectivity index (χ1n) is 20.6. The van der Waals surface area contributed by atoms with Crippen molar-refractivity contribution < 1.29 is 0 Å². The molecule has 0 fully saturated rings. The number of benzene rings is 8. The Morgan fingerprint density at radius 1 is 0.242 bits per heavy atom. The van der Waals surface area contributed by atoms with Crippen LogP contribution in [0.15, 0.2) is 206 Å². The summed E-state index contributed by atoms with van der Waals surface area (Å²) in [5.74, 6) is 2.81. The Labute approximate surface area is 356 Å². The van der Waals surface area contributed by atoms with Crippen molar-refractivity contribution in [3.05, 3.63) is 206 Å². The molecular formula is C54H34N8. The number of para-hydroxylation sites is 3. The Balaban J connectivity index is 1.07. The van der Waals surface area contributed by atoms with Crippen LogP contribution in [0.3, 0.4) is 0 Å². The molecule has 0 atom stereocenters. The van der Waals surface area contributed by atoms with Crippen LogP contribution in [-0.4, -0.2) is 39.0 Å². The fraction of sp³-hybridized carbons (Fsp3) is 0.